The molecule has 7 heteroatoms. The number of benzene rings is 1. The lowest BCUT2D eigenvalue weighted by atomic mass is 9.97. The summed E-state index contributed by atoms with van der Waals surface area (Å²) in [4.78, 5) is 7.23. The average molecular weight is 482 g/mol. The van der Waals surface area contributed by atoms with E-state index in [0.717, 1.165) is 48.9 Å². The maximum atomic E-state index is 4.85. The van der Waals surface area contributed by atoms with Crippen LogP contribution < -0.4 is 5.32 Å². The van der Waals surface area contributed by atoms with Crippen molar-refractivity contribution in [3.05, 3.63) is 42.5 Å². The van der Waals surface area contributed by atoms with E-state index in [2.05, 4.69) is 53.3 Å². The van der Waals surface area contributed by atoms with Crippen LogP contribution in [0.2, 0.25) is 0 Å². The molecule has 1 aromatic heterocycles. The van der Waals surface area contributed by atoms with E-state index in [1.807, 2.05) is 22.8 Å². The molecule has 6 nitrogen and oxygen atoms in total. The predicted octanol–water partition coefficient (Wildman–Crippen LogP) is 3.72. The molecule has 1 unspecified atom stereocenters. The molecule has 148 valence electrons. The molecule has 0 saturated carbocycles. The number of likely N-dealkylation sites (tertiary alicyclic amines) is 1. The highest BCUT2D eigenvalue weighted by atomic mass is 127. The van der Waals surface area contributed by atoms with Gasteiger partial charge in [0.1, 0.15) is 12.9 Å². The van der Waals surface area contributed by atoms with Crippen LogP contribution in [0.4, 0.5) is 0 Å². The van der Waals surface area contributed by atoms with E-state index in [0.29, 0.717) is 6.54 Å². The molecule has 0 aliphatic carbocycles. The third-order valence-electron chi connectivity index (χ3n) is 4.75. The Balaban J connectivity index is 0.00000261. The molecule has 1 aliphatic rings. The summed E-state index contributed by atoms with van der Waals surface area (Å²) < 4.78 is 2.00. The van der Waals surface area contributed by atoms with Crippen molar-refractivity contribution in [1.29, 1.82) is 0 Å². The lowest BCUT2D eigenvalue weighted by Gasteiger charge is -2.22. The Morgan fingerprint density at radius 1 is 1.30 bits per heavy atom. The molecule has 1 atom stereocenters. The topological polar surface area (TPSA) is 58.3 Å². The Morgan fingerprint density at radius 2 is 2.07 bits per heavy atom. The zero-order chi connectivity index (χ0) is 18.4. The second-order valence-corrected chi connectivity index (χ2v) is 7.35. The van der Waals surface area contributed by atoms with E-state index in [9.17, 15) is 0 Å². The van der Waals surface area contributed by atoms with Crippen molar-refractivity contribution in [3.8, 4) is 5.69 Å². The lowest BCUT2D eigenvalue weighted by Crippen LogP contribution is -2.40. The predicted molar refractivity (Wildman–Crippen MR) is 121 cm³/mol. The van der Waals surface area contributed by atoms with Crippen molar-refractivity contribution < 1.29 is 0 Å². The maximum Gasteiger partial charge on any atom is 0.194 e. The number of guanidine groups is 1. The van der Waals surface area contributed by atoms with Crippen LogP contribution in [0.5, 0.6) is 0 Å². The number of para-hydroxylation sites is 1. The van der Waals surface area contributed by atoms with Crippen LogP contribution in [0.15, 0.2) is 41.7 Å². The van der Waals surface area contributed by atoms with E-state index < -0.39 is 0 Å². The van der Waals surface area contributed by atoms with Gasteiger partial charge in [0.05, 0.1) is 0 Å². The number of aromatic nitrogens is 3. The fraction of sp³-hybridized carbons (Fsp3) is 0.550. The smallest absolute Gasteiger partial charge is 0.194 e. The quantitative estimate of drug-likeness (QED) is 0.388. The van der Waals surface area contributed by atoms with Gasteiger partial charge in [-0.3, -0.25) is 4.57 Å². The summed E-state index contributed by atoms with van der Waals surface area (Å²) in [5, 5.41) is 11.8. The molecule has 1 aromatic carbocycles. The van der Waals surface area contributed by atoms with Crippen LogP contribution in [0, 0.1) is 11.8 Å². The molecule has 2 aromatic rings. The van der Waals surface area contributed by atoms with Gasteiger partial charge < -0.3 is 10.2 Å². The average Bonchev–Trinajstić information content (AvgIpc) is 3.28. The zero-order valence-electron chi connectivity index (χ0n) is 16.5. The van der Waals surface area contributed by atoms with Crippen LogP contribution in [0.3, 0.4) is 0 Å². The molecule has 1 N–H and O–H groups in total. The van der Waals surface area contributed by atoms with Crippen molar-refractivity contribution in [2.75, 3.05) is 19.6 Å². The summed E-state index contributed by atoms with van der Waals surface area (Å²) in [6, 6.07) is 10.2. The molecular weight excluding hydrogens is 451 g/mol. The Kier molecular flexibility index (Phi) is 8.53. The van der Waals surface area contributed by atoms with Gasteiger partial charge in [0.2, 0.25) is 0 Å². The Hall–Kier alpha value is -1.64. The van der Waals surface area contributed by atoms with Crippen LogP contribution >= 0.6 is 24.0 Å². The number of aliphatic imine (C=N–C) groups is 1. The summed E-state index contributed by atoms with van der Waals surface area (Å²) >= 11 is 0. The number of hydrogen-bond acceptors (Lipinski definition) is 3. The molecule has 1 aliphatic heterocycles. The van der Waals surface area contributed by atoms with E-state index in [1.165, 1.54) is 12.8 Å². The Morgan fingerprint density at radius 3 is 2.78 bits per heavy atom. The summed E-state index contributed by atoms with van der Waals surface area (Å²) in [6.07, 6.45) is 4.29. The summed E-state index contributed by atoms with van der Waals surface area (Å²) in [5.74, 6) is 3.36. The minimum absolute atomic E-state index is 0. The van der Waals surface area contributed by atoms with Crippen LogP contribution in [-0.2, 0) is 6.54 Å². The van der Waals surface area contributed by atoms with Gasteiger partial charge in [-0.1, -0.05) is 32.0 Å². The molecule has 0 bridgehead atoms. The standard InChI is InChI=1S/C20H30N6.HI/c1-4-21-20(25-11-10-17(14-25)12-16(2)3)22-13-19-24-23-15-26(19)18-8-6-5-7-9-18;/h5-9,15-17H,4,10-14H2,1-3H3,(H,21,22);1H. The first kappa shape index (κ1) is 21.7. The molecule has 0 amide bonds. The lowest BCUT2D eigenvalue weighted by molar-refractivity contribution is 0.403. The van der Waals surface area contributed by atoms with Crippen molar-refractivity contribution >= 4 is 29.9 Å². The van der Waals surface area contributed by atoms with Gasteiger partial charge in [-0.2, -0.15) is 0 Å². The summed E-state index contributed by atoms with van der Waals surface area (Å²) in [6.45, 7) is 10.3. The minimum Gasteiger partial charge on any atom is -0.357 e. The van der Waals surface area contributed by atoms with Gasteiger partial charge in [0.25, 0.3) is 0 Å². The van der Waals surface area contributed by atoms with E-state index in [4.69, 9.17) is 4.99 Å². The largest absolute Gasteiger partial charge is 0.357 e. The minimum atomic E-state index is 0. The molecule has 2 heterocycles. The highest BCUT2D eigenvalue weighted by molar-refractivity contribution is 14.0. The first-order valence-corrected chi connectivity index (χ1v) is 9.65. The molecule has 0 spiro atoms. The molecular formula is C20H31IN6. The molecule has 0 radical (unpaired) electrons. The van der Waals surface area contributed by atoms with E-state index in [-0.39, 0.29) is 24.0 Å². The van der Waals surface area contributed by atoms with Crippen molar-refractivity contribution in [3.63, 3.8) is 0 Å². The number of halogens is 1. The van der Waals surface area contributed by atoms with Crippen molar-refractivity contribution in [1.82, 2.24) is 25.0 Å². The molecule has 27 heavy (non-hydrogen) atoms. The fourth-order valence-electron chi connectivity index (χ4n) is 3.63. The van der Waals surface area contributed by atoms with Gasteiger partial charge in [0.15, 0.2) is 11.8 Å². The summed E-state index contributed by atoms with van der Waals surface area (Å²) in [7, 11) is 0. The monoisotopic (exact) mass is 482 g/mol. The number of nitrogens with zero attached hydrogens (tertiary/aromatic N) is 5. The van der Waals surface area contributed by atoms with Crippen LogP contribution in [0.1, 0.15) is 39.4 Å². The summed E-state index contributed by atoms with van der Waals surface area (Å²) in [5.41, 5.74) is 1.06. The third kappa shape index (κ3) is 5.92. The van der Waals surface area contributed by atoms with Crippen LogP contribution in [-0.4, -0.2) is 45.3 Å². The van der Waals surface area contributed by atoms with Gasteiger partial charge in [-0.25, -0.2) is 4.99 Å². The Labute approximate surface area is 179 Å². The van der Waals surface area contributed by atoms with Crippen molar-refractivity contribution in [2.24, 2.45) is 16.8 Å². The van der Waals surface area contributed by atoms with Crippen LogP contribution in [0.25, 0.3) is 5.69 Å². The highest BCUT2D eigenvalue weighted by Gasteiger charge is 2.25. The van der Waals surface area contributed by atoms with Gasteiger partial charge in [-0.05, 0) is 43.7 Å². The second kappa shape index (κ2) is 10.6. The Bertz CT molecular complexity index is 712. The highest BCUT2D eigenvalue weighted by Crippen LogP contribution is 2.23. The SMILES string of the molecule is CCNC(=NCc1nncn1-c1ccccc1)N1CCC(CC(C)C)C1.I. The van der Waals surface area contributed by atoms with Gasteiger partial charge >= 0.3 is 0 Å². The number of nitrogens with one attached hydrogen (secondary N) is 1. The maximum absolute atomic E-state index is 4.85. The first-order valence-electron chi connectivity index (χ1n) is 9.65. The molecule has 3 rings (SSSR count). The van der Waals surface area contributed by atoms with E-state index >= 15 is 0 Å². The number of hydrogen-bond donors (Lipinski definition) is 1. The first-order chi connectivity index (χ1) is 12.7. The van der Waals surface area contributed by atoms with Gasteiger partial charge in [-0.15, -0.1) is 34.2 Å². The van der Waals surface area contributed by atoms with Crippen molar-refractivity contribution in [2.45, 2.75) is 40.2 Å². The van der Waals surface area contributed by atoms with Gasteiger partial charge in [0, 0.05) is 25.3 Å². The van der Waals surface area contributed by atoms with E-state index in [1.54, 1.807) is 6.33 Å². The normalized spacial score (nSPS) is 17.3. The zero-order valence-corrected chi connectivity index (χ0v) is 18.8. The second-order valence-electron chi connectivity index (χ2n) is 7.35. The number of rotatable bonds is 6. The fourth-order valence-corrected chi connectivity index (χ4v) is 3.63. The molecule has 1 fully saturated rings. The third-order valence-corrected chi connectivity index (χ3v) is 4.75. The molecule has 1 saturated heterocycles.